The van der Waals surface area contributed by atoms with E-state index in [-0.39, 0.29) is 80.5 Å². The van der Waals surface area contributed by atoms with Gasteiger partial charge in [-0.15, -0.1) is 0 Å². The molecule has 17 nitrogen and oxygen atoms in total. The molecule has 16 atom stereocenters. The summed E-state index contributed by atoms with van der Waals surface area (Å²) in [5.74, 6) is -8.33. The third-order valence-electron chi connectivity index (χ3n) is 15.5. The van der Waals surface area contributed by atoms with E-state index in [0.29, 0.717) is 63.5 Å². The van der Waals surface area contributed by atoms with Crippen LogP contribution in [0.25, 0.3) is 0 Å². The van der Waals surface area contributed by atoms with Crippen molar-refractivity contribution in [1.82, 2.24) is 4.90 Å². The van der Waals surface area contributed by atoms with Gasteiger partial charge in [0, 0.05) is 58.5 Å². The van der Waals surface area contributed by atoms with Crippen LogP contribution in [0, 0.1) is 35.5 Å². The molecular weight excluding hydrogens is 943 g/mol. The molecular formula is C56H89NO16. The third-order valence-corrected chi connectivity index (χ3v) is 15.5. The molecule has 17 heteroatoms. The van der Waals surface area contributed by atoms with E-state index in [2.05, 4.69) is 0 Å². The number of aliphatic hydroxyl groups is 4. The number of nitrogens with zero attached hydrogens (tertiary/aromatic N) is 1. The smallest absolute Gasteiger partial charge is 0.329 e. The van der Waals surface area contributed by atoms with Gasteiger partial charge in [0.05, 0.1) is 50.8 Å². The molecule has 3 heterocycles. The zero-order valence-corrected chi connectivity index (χ0v) is 45.3. The van der Waals surface area contributed by atoms with Crippen LogP contribution in [-0.2, 0) is 57.1 Å². The SMILES string of the molecule is COCCOC1C[C@@H]2CC[C@@H](C)[C@@](O)(O2)C(=O)C(=O)N2CCCC[C@H]2C(=O)O[C@H]([C@H](C)C[C@@H]2CC[C@@H](OC[C@H](O)CO)[C@H](OC)C2)CC(=O)[C@H](C)/C=C(\C)[C@@H](O)[C@@H](OC)C(=O)[C@H](C)C[C@H](C)/C=C/C=C/C=C/1C. The lowest BCUT2D eigenvalue weighted by Gasteiger charge is -2.43. The zero-order valence-electron chi connectivity index (χ0n) is 45.3. The Bertz CT molecular complexity index is 1920. The number of amides is 1. The number of piperidine rings is 1. The van der Waals surface area contributed by atoms with E-state index in [1.165, 1.54) is 12.0 Å². The van der Waals surface area contributed by atoms with Crippen molar-refractivity contribution >= 4 is 29.2 Å². The van der Waals surface area contributed by atoms with Crippen molar-refractivity contribution in [1.29, 1.82) is 0 Å². The van der Waals surface area contributed by atoms with E-state index in [1.807, 2.05) is 51.2 Å². The summed E-state index contributed by atoms with van der Waals surface area (Å²) in [5, 5.41) is 42.8. The number of cyclic esters (lactones) is 1. The summed E-state index contributed by atoms with van der Waals surface area (Å²) >= 11 is 0. The number of Topliss-reactive ketones (excluding diaryl/α,β-unsaturated/α-hetero) is 3. The Hall–Kier alpha value is -3.49. The second-order valence-corrected chi connectivity index (χ2v) is 21.4. The Kier molecular flexibility index (Phi) is 25.8. The van der Waals surface area contributed by atoms with Gasteiger partial charge >= 0.3 is 5.97 Å². The number of carbonyl (C=O) groups excluding carboxylic acids is 5. The van der Waals surface area contributed by atoms with E-state index in [9.17, 15) is 44.4 Å². The first-order chi connectivity index (χ1) is 34.7. The fourth-order valence-corrected chi connectivity index (χ4v) is 10.8. The van der Waals surface area contributed by atoms with Crippen LogP contribution >= 0.6 is 0 Å². The number of ether oxygens (including phenoxy) is 7. The Balaban J connectivity index is 1.71. The van der Waals surface area contributed by atoms with Crippen LogP contribution in [0.2, 0.25) is 0 Å². The second kappa shape index (κ2) is 30.3. The van der Waals surface area contributed by atoms with Crippen molar-refractivity contribution in [2.75, 3.05) is 54.3 Å². The van der Waals surface area contributed by atoms with Gasteiger partial charge in [-0.1, -0.05) is 71.1 Å². The summed E-state index contributed by atoms with van der Waals surface area (Å²) in [7, 11) is 4.53. The Morgan fingerprint density at radius 1 is 0.849 bits per heavy atom. The monoisotopic (exact) mass is 1030 g/mol. The highest BCUT2D eigenvalue weighted by Crippen LogP contribution is 2.38. The van der Waals surface area contributed by atoms with Gasteiger partial charge in [-0.05, 0) is 107 Å². The summed E-state index contributed by atoms with van der Waals surface area (Å²) in [6.07, 6.45) is 10.00. The fraction of sp³-hybridized carbons (Fsp3) is 0.768. The molecule has 414 valence electrons. The van der Waals surface area contributed by atoms with Gasteiger partial charge in [-0.2, -0.15) is 0 Å². The number of rotatable bonds is 13. The van der Waals surface area contributed by atoms with Gasteiger partial charge in [-0.3, -0.25) is 19.2 Å². The molecule has 0 aromatic carbocycles. The Morgan fingerprint density at radius 3 is 2.27 bits per heavy atom. The van der Waals surface area contributed by atoms with Gasteiger partial charge < -0.3 is 58.5 Å². The lowest BCUT2D eigenvalue weighted by Crippen LogP contribution is -2.61. The van der Waals surface area contributed by atoms with Gasteiger partial charge in [0.25, 0.3) is 11.7 Å². The predicted octanol–water partition coefficient (Wildman–Crippen LogP) is 5.57. The third kappa shape index (κ3) is 17.8. The van der Waals surface area contributed by atoms with Crippen molar-refractivity contribution in [3.8, 4) is 0 Å². The van der Waals surface area contributed by atoms with E-state index in [0.717, 1.165) is 12.0 Å². The lowest BCUT2D eigenvalue weighted by molar-refractivity contribution is -0.266. The molecule has 0 aromatic rings. The minimum Gasteiger partial charge on any atom is -0.460 e. The maximum atomic E-state index is 14.6. The number of fused-ring (bicyclic) bond motifs is 3. The summed E-state index contributed by atoms with van der Waals surface area (Å²) in [6.45, 7) is 12.8. The molecule has 1 unspecified atom stereocenters. The van der Waals surface area contributed by atoms with Crippen molar-refractivity contribution in [2.45, 2.75) is 186 Å². The summed E-state index contributed by atoms with van der Waals surface area (Å²) in [6, 6.07) is -1.18. The molecule has 3 aliphatic heterocycles. The number of aliphatic hydroxyl groups excluding tert-OH is 3. The molecule has 1 saturated carbocycles. The number of hydrogen-bond acceptors (Lipinski definition) is 16. The van der Waals surface area contributed by atoms with Crippen molar-refractivity contribution in [3.05, 3.63) is 47.6 Å². The number of ketones is 3. The average Bonchev–Trinajstić information content (AvgIpc) is 3.37. The number of carbonyl (C=O) groups is 5. The number of allylic oxidation sites excluding steroid dienone is 6. The van der Waals surface area contributed by atoms with Crippen LogP contribution in [0.15, 0.2) is 47.6 Å². The number of methoxy groups -OCH3 is 3. The molecule has 3 fully saturated rings. The van der Waals surface area contributed by atoms with Crippen LogP contribution in [0.3, 0.4) is 0 Å². The summed E-state index contributed by atoms with van der Waals surface area (Å²) in [5.41, 5.74) is 1.22. The van der Waals surface area contributed by atoms with E-state index in [1.54, 1.807) is 48.0 Å². The molecule has 4 rings (SSSR count). The number of hydrogen-bond donors (Lipinski definition) is 4. The predicted molar refractivity (Wildman–Crippen MR) is 273 cm³/mol. The van der Waals surface area contributed by atoms with Gasteiger partial charge in [0.15, 0.2) is 5.78 Å². The second-order valence-electron chi connectivity index (χ2n) is 21.4. The van der Waals surface area contributed by atoms with Crippen LogP contribution in [0.1, 0.15) is 126 Å². The maximum absolute atomic E-state index is 14.6. The van der Waals surface area contributed by atoms with Crippen LogP contribution in [0.4, 0.5) is 0 Å². The molecule has 0 aromatic heterocycles. The molecule has 1 amide bonds. The molecule has 2 saturated heterocycles. The first-order valence-electron chi connectivity index (χ1n) is 26.7. The fourth-order valence-electron chi connectivity index (χ4n) is 10.8. The molecule has 4 aliphatic rings. The highest BCUT2D eigenvalue weighted by atomic mass is 16.6. The van der Waals surface area contributed by atoms with E-state index < -0.39 is 90.5 Å². The van der Waals surface area contributed by atoms with Crippen molar-refractivity contribution in [2.24, 2.45) is 35.5 Å². The minimum absolute atomic E-state index is 0.00836. The van der Waals surface area contributed by atoms with Gasteiger partial charge in [-0.25, -0.2) is 4.79 Å². The molecule has 0 spiro atoms. The van der Waals surface area contributed by atoms with Gasteiger partial charge in [0.2, 0.25) is 5.79 Å². The van der Waals surface area contributed by atoms with Crippen molar-refractivity contribution in [3.63, 3.8) is 0 Å². The summed E-state index contributed by atoms with van der Waals surface area (Å²) in [4.78, 5) is 72.6. The van der Waals surface area contributed by atoms with Crippen LogP contribution in [0.5, 0.6) is 0 Å². The van der Waals surface area contributed by atoms with Crippen molar-refractivity contribution < 1.29 is 77.6 Å². The molecule has 73 heavy (non-hydrogen) atoms. The lowest BCUT2D eigenvalue weighted by atomic mass is 9.78. The van der Waals surface area contributed by atoms with E-state index >= 15 is 0 Å². The van der Waals surface area contributed by atoms with E-state index in [4.69, 9.17) is 33.2 Å². The first kappa shape index (κ1) is 62.1. The minimum atomic E-state index is -2.48. The van der Waals surface area contributed by atoms with Crippen LogP contribution in [-0.4, -0.2) is 170 Å². The Morgan fingerprint density at radius 2 is 1.59 bits per heavy atom. The molecule has 4 N–H and O–H groups in total. The average molecular weight is 1030 g/mol. The topological polar surface area (TPSA) is 234 Å². The number of esters is 1. The quantitative estimate of drug-likeness (QED) is 0.0764. The highest BCUT2D eigenvalue weighted by Gasteiger charge is 2.53. The largest absolute Gasteiger partial charge is 0.460 e. The maximum Gasteiger partial charge on any atom is 0.329 e. The summed E-state index contributed by atoms with van der Waals surface area (Å²) < 4.78 is 41.4. The Labute approximate surface area is 434 Å². The zero-order chi connectivity index (χ0) is 54.0. The molecule has 0 radical (unpaired) electrons. The van der Waals surface area contributed by atoms with Crippen LogP contribution < -0.4 is 0 Å². The molecule has 2 bridgehead atoms. The van der Waals surface area contributed by atoms with Gasteiger partial charge in [0.1, 0.15) is 36.2 Å². The molecule has 1 aliphatic carbocycles. The first-order valence-corrected chi connectivity index (χ1v) is 26.7. The standard InChI is InChI=1S/C56H89NO16/c1-34-16-12-11-13-17-35(2)47(70-25-24-67-8)30-43-21-19-40(7)56(66,73-43)53(63)54(64)57-23-15-14-18-44(57)55(65)72-48(37(4)28-41-20-22-46(49(29-41)68-9)71-33-42(59)32-58)31-45(60)36(3)27-39(6)51(62)52(69-10)50(61)38(5)26-34/h11-13,16-17,27,34,36-38,40-44,46-49,51-52,58-59,62,66H,14-15,18-26,28-33H2,1-10H3/b13-11+,16-12+,35-17+,39-27+/t34-,36-,37-,38-,40-,41+,42-,43+,44+,46-,47?,48+,49-,51-,52+,56-/m1/s1. The highest BCUT2D eigenvalue weighted by molar-refractivity contribution is 6.39. The normalized spacial score (nSPS) is 37.8.